The summed E-state index contributed by atoms with van der Waals surface area (Å²) in [5.41, 5.74) is 2.00. The predicted molar refractivity (Wildman–Crippen MR) is 126 cm³/mol. The zero-order valence-corrected chi connectivity index (χ0v) is 17.8. The van der Waals surface area contributed by atoms with Crippen molar-refractivity contribution >= 4 is 44.6 Å². The third-order valence-corrected chi connectivity index (χ3v) is 6.16. The van der Waals surface area contributed by atoms with Crippen LogP contribution in [0.25, 0.3) is 33.0 Å². The van der Waals surface area contributed by atoms with Crippen molar-refractivity contribution in [2.75, 3.05) is 5.32 Å². The molecule has 1 aliphatic rings. The van der Waals surface area contributed by atoms with E-state index in [0.29, 0.717) is 17.8 Å². The van der Waals surface area contributed by atoms with Crippen LogP contribution in [0.4, 0.5) is 5.69 Å². The number of rotatable bonds is 4. The van der Waals surface area contributed by atoms with E-state index < -0.39 is 17.2 Å². The third-order valence-electron chi connectivity index (χ3n) is 6.16. The summed E-state index contributed by atoms with van der Waals surface area (Å²) in [4.78, 5) is 45.3. The van der Waals surface area contributed by atoms with Gasteiger partial charge in [0.2, 0.25) is 0 Å². The van der Waals surface area contributed by atoms with Gasteiger partial charge < -0.3 is 9.73 Å². The van der Waals surface area contributed by atoms with Crippen molar-refractivity contribution < 1.29 is 9.21 Å². The molecule has 0 atom stereocenters. The lowest BCUT2D eigenvalue weighted by atomic mass is 10.1. The molecular weight excluding hydrogens is 420 g/mol. The van der Waals surface area contributed by atoms with E-state index in [9.17, 15) is 14.4 Å². The summed E-state index contributed by atoms with van der Waals surface area (Å²) in [5, 5.41) is 4.96. The highest BCUT2D eigenvalue weighted by molar-refractivity contribution is 6.13. The summed E-state index contributed by atoms with van der Waals surface area (Å²) in [6, 6.07) is 14.9. The van der Waals surface area contributed by atoms with E-state index in [4.69, 9.17) is 4.42 Å². The zero-order chi connectivity index (χ0) is 22.7. The highest BCUT2D eigenvalue weighted by atomic mass is 16.3. The second-order valence-electron chi connectivity index (χ2n) is 8.33. The molecule has 3 heterocycles. The van der Waals surface area contributed by atoms with E-state index in [-0.39, 0.29) is 22.5 Å². The van der Waals surface area contributed by atoms with Crippen LogP contribution in [0.2, 0.25) is 0 Å². The number of aromatic amines is 1. The number of benzene rings is 2. The third kappa shape index (κ3) is 3.14. The Labute approximate surface area is 186 Å². The molecule has 2 N–H and O–H groups in total. The molecule has 0 saturated heterocycles. The molecule has 0 spiro atoms. The molecule has 0 aliphatic heterocycles. The Bertz CT molecular complexity index is 1710. The molecule has 0 radical (unpaired) electrons. The number of carbonyl (C=O) groups is 1. The second kappa shape index (κ2) is 7.16. The van der Waals surface area contributed by atoms with Gasteiger partial charge in [0.05, 0.1) is 10.9 Å². The fraction of sp³-hybridized carbons (Fsp3) is 0.200. The van der Waals surface area contributed by atoms with E-state index in [1.807, 2.05) is 30.3 Å². The van der Waals surface area contributed by atoms with Crippen molar-refractivity contribution in [1.82, 2.24) is 14.5 Å². The predicted octanol–water partition coefficient (Wildman–Crippen LogP) is 4.13. The molecule has 1 fully saturated rings. The van der Waals surface area contributed by atoms with Crippen LogP contribution in [0, 0.1) is 0 Å². The van der Waals surface area contributed by atoms with Gasteiger partial charge in [-0.25, -0.2) is 9.78 Å². The van der Waals surface area contributed by atoms with Gasteiger partial charge in [-0.2, -0.15) is 0 Å². The normalized spacial score (nSPS) is 13.7. The van der Waals surface area contributed by atoms with Gasteiger partial charge in [-0.1, -0.05) is 18.2 Å². The van der Waals surface area contributed by atoms with Gasteiger partial charge in [0.1, 0.15) is 11.2 Å². The van der Waals surface area contributed by atoms with Crippen LogP contribution in [-0.2, 0) is 6.54 Å². The van der Waals surface area contributed by atoms with Crippen LogP contribution in [0.1, 0.15) is 41.7 Å². The number of pyridine rings is 1. The van der Waals surface area contributed by atoms with Crippen LogP contribution < -0.4 is 16.6 Å². The summed E-state index contributed by atoms with van der Waals surface area (Å²) >= 11 is 0. The molecule has 6 rings (SSSR count). The number of H-pyrrole nitrogens is 1. The molecule has 5 aromatic rings. The molecule has 1 aliphatic carbocycles. The number of anilines is 1. The molecule has 164 valence electrons. The van der Waals surface area contributed by atoms with E-state index in [2.05, 4.69) is 15.3 Å². The quantitative estimate of drug-likeness (QED) is 0.437. The van der Waals surface area contributed by atoms with Crippen LogP contribution in [0.15, 0.2) is 62.5 Å². The number of nitrogens with one attached hydrogen (secondary N) is 2. The summed E-state index contributed by atoms with van der Waals surface area (Å²) in [6.07, 6.45) is 1.95. The molecule has 1 amide bonds. The van der Waals surface area contributed by atoms with Crippen molar-refractivity contribution in [3.05, 3.63) is 80.6 Å². The number of amides is 1. The minimum Gasteiger partial charge on any atom is -0.456 e. The first-order valence-electron chi connectivity index (χ1n) is 10.9. The maximum Gasteiger partial charge on any atom is 0.329 e. The highest BCUT2D eigenvalue weighted by Gasteiger charge is 2.28. The van der Waals surface area contributed by atoms with E-state index in [1.54, 1.807) is 25.1 Å². The zero-order valence-electron chi connectivity index (χ0n) is 17.8. The lowest BCUT2D eigenvalue weighted by molar-refractivity contribution is 0.102. The number of para-hydroxylation sites is 1. The van der Waals surface area contributed by atoms with Gasteiger partial charge in [-0.3, -0.25) is 19.1 Å². The van der Waals surface area contributed by atoms with Crippen LogP contribution in [-0.4, -0.2) is 20.4 Å². The van der Waals surface area contributed by atoms with Crippen LogP contribution in [0.5, 0.6) is 0 Å². The number of aromatic nitrogens is 3. The van der Waals surface area contributed by atoms with Gasteiger partial charge in [0.15, 0.2) is 5.65 Å². The Morgan fingerprint density at radius 1 is 1.12 bits per heavy atom. The lowest BCUT2D eigenvalue weighted by Crippen LogP contribution is -2.32. The van der Waals surface area contributed by atoms with Gasteiger partial charge in [0, 0.05) is 40.7 Å². The SMILES string of the molecule is CCn1c(=O)[nH]c(=O)c2c(C(=O)Nc3ccc4c(c3)oc3ccccc34)cc(C3CC3)nc21. The Hall–Kier alpha value is -4.20. The van der Waals surface area contributed by atoms with Gasteiger partial charge in [-0.05, 0) is 44.0 Å². The molecule has 1 saturated carbocycles. The topological polar surface area (TPSA) is 110 Å². The van der Waals surface area contributed by atoms with E-state index in [1.165, 1.54) is 4.57 Å². The minimum absolute atomic E-state index is 0.114. The largest absolute Gasteiger partial charge is 0.456 e. The average Bonchev–Trinajstić information content (AvgIpc) is 3.59. The van der Waals surface area contributed by atoms with Crippen molar-refractivity contribution in [3.8, 4) is 0 Å². The average molecular weight is 440 g/mol. The highest BCUT2D eigenvalue weighted by Crippen LogP contribution is 2.40. The number of hydrogen-bond donors (Lipinski definition) is 2. The maximum absolute atomic E-state index is 13.4. The van der Waals surface area contributed by atoms with Crippen LogP contribution in [0.3, 0.4) is 0 Å². The van der Waals surface area contributed by atoms with Gasteiger partial charge in [0.25, 0.3) is 11.5 Å². The molecule has 33 heavy (non-hydrogen) atoms. The van der Waals surface area contributed by atoms with Crippen molar-refractivity contribution in [3.63, 3.8) is 0 Å². The molecule has 8 nitrogen and oxygen atoms in total. The van der Waals surface area contributed by atoms with Crippen molar-refractivity contribution in [2.24, 2.45) is 0 Å². The fourth-order valence-electron chi connectivity index (χ4n) is 4.36. The van der Waals surface area contributed by atoms with E-state index in [0.717, 1.165) is 34.9 Å². The minimum atomic E-state index is -0.618. The maximum atomic E-state index is 13.4. The Kier molecular flexibility index (Phi) is 4.23. The van der Waals surface area contributed by atoms with Gasteiger partial charge >= 0.3 is 5.69 Å². The number of nitrogens with zero attached hydrogens (tertiary/aromatic N) is 2. The van der Waals surface area contributed by atoms with Gasteiger partial charge in [-0.15, -0.1) is 0 Å². The molecule has 3 aromatic heterocycles. The Balaban J connectivity index is 1.47. The summed E-state index contributed by atoms with van der Waals surface area (Å²) in [6.45, 7) is 2.13. The Morgan fingerprint density at radius 2 is 1.91 bits per heavy atom. The molecule has 8 heteroatoms. The molecule has 0 bridgehead atoms. The Morgan fingerprint density at radius 3 is 2.70 bits per heavy atom. The smallest absolute Gasteiger partial charge is 0.329 e. The van der Waals surface area contributed by atoms with Crippen molar-refractivity contribution in [2.45, 2.75) is 32.2 Å². The number of aryl methyl sites for hydroxylation is 1. The number of fused-ring (bicyclic) bond motifs is 4. The lowest BCUT2D eigenvalue weighted by Gasteiger charge is -2.12. The second-order valence-corrected chi connectivity index (χ2v) is 8.33. The summed E-state index contributed by atoms with van der Waals surface area (Å²) < 4.78 is 7.31. The monoisotopic (exact) mass is 440 g/mol. The number of carbonyl (C=O) groups excluding carboxylic acids is 1. The summed E-state index contributed by atoms with van der Waals surface area (Å²) in [7, 11) is 0. The fourth-order valence-corrected chi connectivity index (χ4v) is 4.36. The first-order valence-corrected chi connectivity index (χ1v) is 10.9. The first kappa shape index (κ1) is 19.5. The number of hydrogen-bond acceptors (Lipinski definition) is 5. The van der Waals surface area contributed by atoms with E-state index >= 15 is 0 Å². The first-order chi connectivity index (χ1) is 16.0. The number of furan rings is 1. The standard InChI is InChI=1S/C25H20N4O4/c1-2-29-22-21(24(31)28-25(29)32)17(12-18(27-22)13-7-8-13)23(30)26-14-9-10-16-15-5-3-4-6-19(15)33-20(16)11-14/h3-6,9-13H,2,7-8H2,1H3,(H,26,30)(H,28,31,32). The molecule has 0 unspecified atom stereocenters. The van der Waals surface area contributed by atoms with Crippen molar-refractivity contribution in [1.29, 1.82) is 0 Å². The molecule has 2 aromatic carbocycles. The molecular formula is C25H20N4O4. The summed E-state index contributed by atoms with van der Waals surface area (Å²) in [5.74, 6) is -0.195. The van der Waals surface area contributed by atoms with Crippen LogP contribution >= 0.6 is 0 Å².